The van der Waals surface area contributed by atoms with E-state index in [1.54, 1.807) is 7.11 Å². The molecule has 0 aliphatic heterocycles. The zero-order valence-corrected chi connectivity index (χ0v) is 14.2. The van der Waals surface area contributed by atoms with Crippen LogP contribution in [0, 0.1) is 0 Å². The second-order valence-corrected chi connectivity index (χ2v) is 6.08. The van der Waals surface area contributed by atoms with E-state index in [9.17, 15) is 0 Å². The lowest BCUT2D eigenvalue weighted by atomic mass is 10.0. The summed E-state index contributed by atoms with van der Waals surface area (Å²) < 4.78 is 6.54. The fourth-order valence-corrected chi connectivity index (χ4v) is 2.94. The molecular formula is C17H21BrN2O. The van der Waals surface area contributed by atoms with Gasteiger partial charge in [-0.3, -0.25) is 0 Å². The maximum Gasteiger partial charge on any atom is 0.125 e. The number of anilines is 1. The summed E-state index contributed by atoms with van der Waals surface area (Å²) >= 11 is 3.51. The lowest BCUT2D eigenvalue weighted by Gasteiger charge is -2.25. The molecule has 0 bridgehead atoms. The van der Waals surface area contributed by atoms with Crippen molar-refractivity contribution in [3.63, 3.8) is 0 Å². The summed E-state index contributed by atoms with van der Waals surface area (Å²) in [5.74, 6) is 0.837. The summed E-state index contributed by atoms with van der Waals surface area (Å²) in [4.78, 5) is 2.20. The molecule has 1 atom stereocenters. The topological polar surface area (TPSA) is 38.5 Å². The molecule has 0 fully saturated rings. The Hall–Kier alpha value is -1.52. The van der Waals surface area contributed by atoms with Crippen LogP contribution in [0.1, 0.15) is 24.1 Å². The lowest BCUT2D eigenvalue weighted by molar-refractivity contribution is 0.407. The largest absolute Gasteiger partial charge is 0.496 e. The second-order valence-electron chi connectivity index (χ2n) is 5.17. The highest BCUT2D eigenvalue weighted by molar-refractivity contribution is 9.10. The van der Waals surface area contributed by atoms with E-state index in [4.69, 9.17) is 10.5 Å². The molecule has 1 unspecified atom stereocenters. The quantitative estimate of drug-likeness (QED) is 0.883. The van der Waals surface area contributed by atoms with Crippen LogP contribution in [0.5, 0.6) is 5.75 Å². The number of nitrogens with two attached hydrogens (primary N) is 1. The lowest BCUT2D eigenvalue weighted by Crippen LogP contribution is -2.20. The molecule has 0 aliphatic rings. The van der Waals surface area contributed by atoms with Crippen LogP contribution >= 0.6 is 15.9 Å². The van der Waals surface area contributed by atoms with Crippen LogP contribution < -0.4 is 15.4 Å². The zero-order valence-electron chi connectivity index (χ0n) is 12.6. The number of nitrogens with zero attached hydrogens (tertiary/aromatic N) is 1. The molecule has 2 aromatic carbocycles. The Bertz CT molecular complexity index is 613. The Balaban J connectivity index is 2.32. The van der Waals surface area contributed by atoms with Crippen LogP contribution in [-0.4, -0.2) is 14.2 Å². The average molecular weight is 349 g/mol. The van der Waals surface area contributed by atoms with Gasteiger partial charge < -0.3 is 15.4 Å². The molecule has 0 saturated heterocycles. The van der Waals surface area contributed by atoms with Crippen molar-refractivity contribution in [2.75, 3.05) is 19.1 Å². The number of halogens is 1. The van der Waals surface area contributed by atoms with Crippen molar-refractivity contribution >= 4 is 21.6 Å². The molecule has 3 nitrogen and oxygen atoms in total. The van der Waals surface area contributed by atoms with E-state index in [-0.39, 0.29) is 6.04 Å². The van der Waals surface area contributed by atoms with E-state index in [1.807, 2.05) is 31.2 Å². The molecule has 2 aromatic rings. The van der Waals surface area contributed by atoms with Crippen molar-refractivity contribution in [2.45, 2.75) is 19.5 Å². The molecular weight excluding hydrogens is 328 g/mol. The molecule has 0 aliphatic carbocycles. The zero-order chi connectivity index (χ0) is 15.4. The van der Waals surface area contributed by atoms with Gasteiger partial charge in [0, 0.05) is 35.4 Å². The van der Waals surface area contributed by atoms with Gasteiger partial charge in [-0.15, -0.1) is 0 Å². The van der Waals surface area contributed by atoms with Gasteiger partial charge in [-0.2, -0.15) is 0 Å². The third kappa shape index (κ3) is 3.77. The number of hydrogen-bond donors (Lipinski definition) is 1. The van der Waals surface area contributed by atoms with Gasteiger partial charge in [0.15, 0.2) is 0 Å². The number of ether oxygens (including phenoxy) is 1. The standard InChI is InChI=1S/C17H21BrN2O/c1-12(19)17-15(8-5-9-16(17)21-3)20(2)11-13-6-4-7-14(18)10-13/h4-10,12H,11,19H2,1-3H3. The van der Waals surface area contributed by atoms with Gasteiger partial charge in [0.05, 0.1) is 7.11 Å². The van der Waals surface area contributed by atoms with Crippen LogP contribution in [0.25, 0.3) is 0 Å². The molecule has 112 valence electrons. The van der Waals surface area contributed by atoms with Crippen LogP contribution in [-0.2, 0) is 6.54 Å². The highest BCUT2D eigenvalue weighted by atomic mass is 79.9. The van der Waals surface area contributed by atoms with Gasteiger partial charge in [0.1, 0.15) is 5.75 Å². The van der Waals surface area contributed by atoms with E-state index in [2.05, 4.69) is 46.1 Å². The number of benzene rings is 2. The van der Waals surface area contributed by atoms with Gasteiger partial charge in [-0.1, -0.05) is 34.1 Å². The average Bonchev–Trinajstić information content (AvgIpc) is 2.46. The summed E-state index contributed by atoms with van der Waals surface area (Å²) in [7, 11) is 3.75. The van der Waals surface area contributed by atoms with Gasteiger partial charge in [0.2, 0.25) is 0 Å². The Morgan fingerprint density at radius 1 is 1.24 bits per heavy atom. The number of methoxy groups -OCH3 is 1. The van der Waals surface area contributed by atoms with Gasteiger partial charge >= 0.3 is 0 Å². The monoisotopic (exact) mass is 348 g/mol. The fraction of sp³-hybridized carbons (Fsp3) is 0.294. The minimum atomic E-state index is -0.0823. The van der Waals surface area contributed by atoms with Crippen LogP contribution in [0.4, 0.5) is 5.69 Å². The molecule has 0 heterocycles. The Labute approximate surface area is 134 Å². The Kier molecular flexibility index (Phi) is 5.26. The highest BCUT2D eigenvalue weighted by Gasteiger charge is 2.16. The smallest absolute Gasteiger partial charge is 0.125 e. The van der Waals surface area contributed by atoms with Crippen LogP contribution in [0.15, 0.2) is 46.9 Å². The highest BCUT2D eigenvalue weighted by Crippen LogP contribution is 2.33. The number of rotatable bonds is 5. The van der Waals surface area contributed by atoms with Crippen molar-refractivity contribution in [1.82, 2.24) is 0 Å². The number of hydrogen-bond acceptors (Lipinski definition) is 3. The first-order valence-electron chi connectivity index (χ1n) is 6.91. The van der Waals surface area contributed by atoms with Crippen molar-refractivity contribution in [3.8, 4) is 5.75 Å². The van der Waals surface area contributed by atoms with Crippen molar-refractivity contribution < 1.29 is 4.74 Å². The Morgan fingerprint density at radius 2 is 1.95 bits per heavy atom. The third-order valence-corrected chi connectivity index (χ3v) is 3.93. The van der Waals surface area contributed by atoms with Crippen molar-refractivity contribution in [2.24, 2.45) is 5.73 Å². The molecule has 2 N–H and O–H groups in total. The maximum atomic E-state index is 6.13. The molecule has 0 amide bonds. The van der Waals surface area contributed by atoms with E-state index in [0.717, 1.165) is 28.0 Å². The first-order valence-corrected chi connectivity index (χ1v) is 7.70. The molecule has 2 rings (SSSR count). The SMILES string of the molecule is COc1cccc(N(C)Cc2cccc(Br)c2)c1C(C)N. The van der Waals surface area contributed by atoms with Crippen LogP contribution in [0.2, 0.25) is 0 Å². The Morgan fingerprint density at radius 3 is 2.57 bits per heavy atom. The van der Waals surface area contributed by atoms with E-state index >= 15 is 0 Å². The molecule has 0 saturated carbocycles. The third-order valence-electron chi connectivity index (χ3n) is 3.44. The van der Waals surface area contributed by atoms with E-state index in [0.29, 0.717) is 0 Å². The van der Waals surface area contributed by atoms with Gasteiger partial charge in [-0.25, -0.2) is 0 Å². The summed E-state index contributed by atoms with van der Waals surface area (Å²) in [6, 6.07) is 14.3. The predicted molar refractivity (Wildman–Crippen MR) is 91.8 cm³/mol. The van der Waals surface area contributed by atoms with Gasteiger partial charge in [0.25, 0.3) is 0 Å². The summed E-state index contributed by atoms with van der Waals surface area (Å²) in [6.07, 6.45) is 0. The first-order chi connectivity index (χ1) is 10.0. The maximum absolute atomic E-state index is 6.13. The second kappa shape index (κ2) is 6.96. The van der Waals surface area contributed by atoms with E-state index < -0.39 is 0 Å². The summed E-state index contributed by atoms with van der Waals surface area (Å²) in [5, 5.41) is 0. The van der Waals surface area contributed by atoms with Gasteiger partial charge in [-0.05, 0) is 36.8 Å². The molecule has 21 heavy (non-hydrogen) atoms. The van der Waals surface area contributed by atoms with E-state index in [1.165, 1.54) is 5.56 Å². The molecule has 0 spiro atoms. The summed E-state index contributed by atoms with van der Waals surface area (Å²) in [6.45, 7) is 2.79. The minimum absolute atomic E-state index is 0.0823. The molecule has 0 aromatic heterocycles. The van der Waals surface area contributed by atoms with Crippen molar-refractivity contribution in [3.05, 3.63) is 58.1 Å². The molecule has 4 heteroatoms. The normalized spacial score (nSPS) is 12.0. The minimum Gasteiger partial charge on any atom is -0.496 e. The predicted octanol–water partition coefficient (Wildman–Crippen LogP) is 4.11. The summed E-state index contributed by atoms with van der Waals surface area (Å²) in [5.41, 5.74) is 9.51. The van der Waals surface area contributed by atoms with Crippen molar-refractivity contribution in [1.29, 1.82) is 0 Å². The van der Waals surface area contributed by atoms with Crippen LogP contribution in [0.3, 0.4) is 0 Å². The fourth-order valence-electron chi connectivity index (χ4n) is 2.50. The first kappa shape index (κ1) is 15.9. The molecule has 0 radical (unpaired) electrons.